The van der Waals surface area contributed by atoms with Crippen molar-refractivity contribution in [2.24, 2.45) is 0 Å². The van der Waals surface area contributed by atoms with Gasteiger partial charge in [-0.15, -0.1) is 0 Å². The van der Waals surface area contributed by atoms with Crippen LogP contribution in [-0.4, -0.2) is 28.2 Å². The average molecular weight is 270 g/mol. The molecule has 0 aliphatic rings. The number of hydrogen-bond acceptors (Lipinski definition) is 5. The van der Waals surface area contributed by atoms with E-state index in [1.807, 2.05) is 13.1 Å². The lowest BCUT2D eigenvalue weighted by Gasteiger charge is -2.11. The maximum absolute atomic E-state index is 11.0. The third-order valence-electron chi connectivity index (χ3n) is 2.30. The van der Waals surface area contributed by atoms with E-state index >= 15 is 0 Å². The van der Waals surface area contributed by atoms with Crippen molar-refractivity contribution in [2.75, 3.05) is 14.2 Å². The van der Waals surface area contributed by atoms with Gasteiger partial charge in [-0.05, 0) is 19.2 Å². The molecule has 1 rings (SSSR count). The molecule has 0 spiro atoms. The van der Waals surface area contributed by atoms with E-state index in [2.05, 4.69) is 0 Å². The highest BCUT2D eigenvalue weighted by Gasteiger charge is 2.19. The third kappa shape index (κ3) is 3.44. The van der Waals surface area contributed by atoms with Crippen molar-refractivity contribution in [3.63, 3.8) is 0 Å². The summed E-state index contributed by atoms with van der Waals surface area (Å²) in [6, 6.07) is 2.94. The van der Waals surface area contributed by atoms with Crippen molar-refractivity contribution in [2.45, 2.75) is 19.7 Å². The van der Waals surface area contributed by atoms with Gasteiger partial charge in [0.15, 0.2) is 11.5 Å². The Morgan fingerprint density at radius 2 is 1.78 bits per heavy atom. The number of rotatable bonds is 6. The Labute approximate surface area is 107 Å². The lowest BCUT2D eigenvalue weighted by molar-refractivity contribution is -0.385. The molecule has 1 aromatic carbocycles. The molecule has 6 nitrogen and oxygen atoms in total. The highest BCUT2D eigenvalue weighted by molar-refractivity contribution is 6.48. The fourth-order valence-electron chi connectivity index (χ4n) is 1.42. The molecule has 0 unspecified atom stereocenters. The number of methoxy groups -OCH3 is 2. The Morgan fingerprint density at radius 1 is 1.22 bits per heavy atom. The second-order valence-electron chi connectivity index (χ2n) is 3.79. The van der Waals surface area contributed by atoms with Crippen LogP contribution in [0.3, 0.4) is 0 Å². The Kier molecular flexibility index (Phi) is 5.11. The molecule has 0 aliphatic carbocycles. The Morgan fingerprint density at radius 3 is 2.22 bits per heavy atom. The molecule has 1 radical (unpaired) electrons. The largest absolute Gasteiger partial charge is 0.493 e. The van der Waals surface area contributed by atoms with Crippen molar-refractivity contribution < 1.29 is 18.8 Å². The van der Waals surface area contributed by atoms with E-state index in [1.165, 1.54) is 20.3 Å². The molecule has 1 aromatic rings. The summed E-state index contributed by atoms with van der Waals surface area (Å²) in [5.41, 5.74) is 0.472. The summed E-state index contributed by atoms with van der Waals surface area (Å²) in [6.45, 7) is 4.15. The fourth-order valence-corrected chi connectivity index (χ4v) is 1.86. The topological polar surface area (TPSA) is 70.8 Å². The van der Waals surface area contributed by atoms with Gasteiger partial charge in [0.2, 0.25) is 9.04 Å². The van der Waals surface area contributed by atoms with E-state index in [0.29, 0.717) is 17.1 Å². The minimum atomic E-state index is -0.903. The lowest BCUT2D eigenvalue weighted by Crippen LogP contribution is -2.09. The first-order valence-corrected chi connectivity index (χ1v) is 7.72. The van der Waals surface area contributed by atoms with E-state index in [0.717, 1.165) is 0 Å². The standard InChI is InChI=1S/C11H16NO5Si/c1-15-10-5-8(7-17-18(3)4)9(12(13)14)6-11(10)16-2/h5-6H,7H2,1-4H3. The first-order chi connectivity index (χ1) is 8.49. The molecule has 0 N–H and O–H groups in total. The molecule has 0 aliphatic heterocycles. The van der Waals surface area contributed by atoms with E-state index in [4.69, 9.17) is 13.9 Å². The van der Waals surface area contributed by atoms with Gasteiger partial charge >= 0.3 is 0 Å². The number of nitrogens with zero attached hydrogens (tertiary/aromatic N) is 1. The van der Waals surface area contributed by atoms with Crippen LogP contribution in [0.2, 0.25) is 13.1 Å². The molecule has 0 heterocycles. The van der Waals surface area contributed by atoms with Crippen molar-refractivity contribution >= 4 is 14.7 Å². The van der Waals surface area contributed by atoms with Gasteiger partial charge in [-0.2, -0.15) is 0 Å². The van der Waals surface area contributed by atoms with E-state index in [-0.39, 0.29) is 12.3 Å². The van der Waals surface area contributed by atoms with Gasteiger partial charge in [0, 0.05) is 0 Å². The highest BCUT2D eigenvalue weighted by Crippen LogP contribution is 2.34. The molecule has 0 aromatic heterocycles. The molecule has 0 amide bonds. The smallest absolute Gasteiger partial charge is 0.278 e. The molecule has 7 heteroatoms. The van der Waals surface area contributed by atoms with E-state index in [1.54, 1.807) is 6.07 Å². The molecule has 99 valence electrons. The molecular weight excluding hydrogens is 254 g/mol. The van der Waals surface area contributed by atoms with Gasteiger partial charge in [0.25, 0.3) is 5.69 Å². The summed E-state index contributed by atoms with van der Waals surface area (Å²) in [4.78, 5) is 10.6. The van der Waals surface area contributed by atoms with Crippen molar-refractivity contribution in [1.82, 2.24) is 0 Å². The zero-order valence-corrected chi connectivity index (χ0v) is 11.9. The van der Waals surface area contributed by atoms with Crippen LogP contribution in [0.1, 0.15) is 5.56 Å². The average Bonchev–Trinajstić information content (AvgIpc) is 2.34. The Balaban J connectivity index is 3.16. The molecule has 0 atom stereocenters. The summed E-state index contributed by atoms with van der Waals surface area (Å²) in [6.07, 6.45) is 0. The normalized spacial score (nSPS) is 10.5. The first-order valence-electron chi connectivity index (χ1n) is 5.31. The van der Waals surface area contributed by atoms with Crippen LogP contribution in [0.5, 0.6) is 11.5 Å². The molecule has 0 fully saturated rings. The summed E-state index contributed by atoms with van der Waals surface area (Å²) < 4.78 is 15.7. The monoisotopic (exact) mass is 270 g/mol. The molecule has 18 heavy (non-hydrogen) atoms. The van der Waals surface area contributed by atoms with E-state index in [9.17, 15) is 10.1 Å². The summed E-state index contributed by atoms with van der Waals surface area (Å²) >= 11 is 0. The first kappa shape index (κ1) is 14.5. The van der Waals surface area contributed by atoms with Gasteiger partial charge in [-0.25, -0.2) is 0 Å². The zero-order chi connectivity index (χ0) is 13.7. The van der Waals surface area contributed by atoms with Crippen LogP contribution in [-0.2, 0) is 11.0 Å². The van der Waals surface area contributed by atoms with E-state index < -0.39 is 14.0 Å². The fraction of sp³-hybridized carbons (Fsp3) is 0.455. The summed E-state index contributed by atoms with van der Waals surface area (Å²) in [5, 5.41) is 11.0. The Hall–Kier alpha value is -1.60. The minimum Gasteiger partial charge on any atom is -0.493 e. The van der Waals surface area contributed by atoms with Gasteiger partial charge < -0.3 is 13.9 Å². The number of benzene rings is 1. The van der Waals surface area contributed by atoms with Crippen molar-refractivity contribution in [1.29, 1.82) is 0 Å². The second kappa shape index (κ2) is 6.36. The highest BCUT2D eigenvalue weighted by atomic mass is 28.3. The van der Waals surface area contributed by atoms with Crippen molar-refractivity contribution in [3.05, 3.63) is 27.8 Å². The number of nitro groups is 1. The van der Waals surface area contributed by atoms with Crippen LogP contribution in [0, 0.1) is 10.1 Å². The lowest BCUT2D eigenvalue weighted by atomic mass is 10.1. The molecule has 0 saturated heterocycles. The predicted molar refractivity (Wildman–Crippen MR) is 68.5 cm³/mol. The number of hydrogen-bond donors (Lipinski definition) is 0. The SMILES string of the molecule is COc1cc(CO[Si](C)C)c([N+](=O)[O-])cc1OC. The maximum Gasteiger partial charge on any atom is 0.278 e. The molecular formula is C11H16NO5Si. The van der Waals surface area contributed by atoms with Gasteiger partial charge in [-0.1, -0.05) is 0 Å². The zero-order valence-electron chi connectivity index (χ0n) is 10.9. The molecule has 0 saturated carbocycles. The minimum absolute atomic E-state index is 0.0177. The van der Waals surface area contributed by atoms with Gasteiger partial charge in [-0.3, -0.25) is 10.1 Å². The maximum atomic E-state index is 11.0. The van der Waals surface area contributed by atoms with Crippen LogP contribution in [0.25, 0.3) is 0 Å². The van der Waals surface area contributed by atoms with Gasteiger partial charge in [0.05, 0.1) is 37.4 Å². The van der Waals surface area contributed by atoms with Gasteiger partial charge in [0.1, 0.15) is 0 Å². The van der Waals surface area contributed by atoms with Crippen LogP contribution >= 0.6 is 0 Å². The second-order valence-corrected chi connectivity index (χ2v) is 5.90. The van der Waals surface area contributed by atoms with Crippen LogP contribution in [0.4, 0.5) is 5.69 Å². The van der Waals surface area contributed by atoms with Crippen LogP contribution < -0.4 is 9.47 Å². The number of ether oxygens (including phenoxy) is 2. The third-order valence-corrected chi connectivity index (χ3v) is 3.02. The summed E-state index contributed by atoms with van der Waals surface area (Å²) in [7, 11) is 2.03. The number of nitro benzene ring substituents is 1. The molecule has 0 bridgehead atoms. The quantitative estimate of drug-likeness (QED) is 0.451. The Bertz CT molecular complexity index is 436. The summed E-state index contributed by atoms with van der Waals surface area (Å²) in [5.74, 6) is 0.800. The predicted octanol–water partition coefficient (Wildman–Crippen LogP) is 2.38. The van der Waals surface area contributed by atoms with Crippen LogP contribution in [0.15, 0.2) is 12.1 Å². The van der Waals surface area contributed by atoms with Crippen molar-refractivity contribution in [3.8, 4) is 11.5 Å².